The van der Waals surface area contributed by atoms with E-state index in [1.54, 1.807) is 0 Å². The van der Waals surface area contributed by atoms with Crippen molar-refractivity contribution >= 4 is 17.5 Å². The fourth-order valence-electron chi connectivity index (χ4n) is 1.23. The molecule has 0 unspecified atom stereocenters. The van der Waals surface area contributed by atoms with Crippen LogP contribution in [0, 0.1) is 0 Å². The summed E-state index contributed by atoms with van der Waals surface area (Å²) in [5.74, 6) is 0. The molecule has 3 N–H and O–H groups in total. The minimum absolute atomic E-state index is 0.812. The minimum atomic E-state index is 0.812. The standard InChI is InChI=1S/C9H10N2/c10-8-4-3-7-2-1-5-11-9(7)6-8/h1-4,6,11H,5,10H2. The number of benzene rings is 1. The Morgan fingerprint density at radius 1 is 1.36 bits per heavy atom. The number of anilines is 2. The van der Waals surface area contributed by atoms with Crippen molar-refractivity contribution in [3.8, 4) is 0 Å². The Morgan fingerprint density at radius 3 is 3.18 bits per heavy atom. The predicted octanol–water partition coefficient (Wildman–Crippen LogP) is 1.71. The van der Waals surface area contributed by atoms with Crippen LogP contribution >= 0.6 is 0 Å². The third-order valence-electron chi connectivity index (χ3n) is 1.79. The molecule has 1 aromatic rings. The maximum Gasteiger partial charge on any atom is 0.0436 e. The van der Waals surface area contributed by atoms with Gasteiger partial charge in [-0.2, -0.15) is 0 Å². The van der Waals surface area contributed by atoms with Gasteiger partial charge in [0.2, 0.25) is 0 Å². The van der Waals surface area contributed by atoms with Crippen LogP contribution in [0.3, 0.4) is 0 Å². The lowest BCUT2D eigenvalue weighted by Gasteiger charge is -2.12. The van der Waals surface area contributed by atoms with E-state index in [1.807, 2.05) is 18.2 Å². The summed E-state index contributed by atoms with van der Waals surface area (Å²) in [6.45, 7) is 0.899. The Labute approximate surface area is 65.7 Å². The van der Waals surface area contributed by atoms with Crippen LogP contribution < -0.4 is 11.1 Å². The first kappa shape index (κ1) is 6.28. The van der Waals surface area contributed by atoms with Crippen molar-refractivity contribution < 1.29 is 0 Å². The van der Waals surface area contributed by atoms with Crippen molar-refractivity contribution in [3.63, 3.8) is 0 Å². The number of nitrogens with two attached hydrogens (primary N) is 1. The Hall–Kier alpha value is -1.44. The summed E-state index contributed by atoms with van der Waals surface area (Å²) in [5, 5.41) is 3.24. The number of fused-ring (bicyclic) bond motifs is 1. The number of nitrogens with one attached hydrogen (secondary N) is 1. The van der Waals surface area contributed by atoms with Gasteiger partial charge < -0.3 is 11.1 Å². The molecule has 0 saturated heterocycles. The van der Waals surface area contributed by atoms with Crippen LogP contribution in [0.15, 0.2) is 24.3 Å². The molecular weight excluding hydrogens is 136 g/mol. The maximum absolute atomic E-state index is 5.62. The molecule has 11 heavy (non-hydrogen) atoms. The third kappa shape index (κ3) is 1.07. The quantitative estimate of drug-likeness (QED) is 0.547. The molecule has 0 spiro atoms. The third-order valence-corrected chi connectivity index (χ3v) is 1.79. The fraction of sp³-hybridized carbons (Fsp3) is 0.111. The second-order valence-corrected chi connectivity index (χ2v) is 2.63. The van der Waals surface area contributed by atoms with Crippen LogP contribution in [0.2, 0.25) is 0 Å². The molecule has 0 fully saturated rings. The maximum atomic E-state index is 5.62. The zero-order valence-electron chi connectivity index (χ0n) is 6.17. The van der Waals surface area contributed by atoms with Crippen LogP contribution in [0.4, 0.5) is 11.4 Å². The monoisotopic (exact) mass is 146 g/mol. The molecule has 1 aliphatic rings. The van der Waals surface area contributed by atoms with E-state index in [0.29, 0.717) is 0 Å². The largest absolute Gasteiger partial charge is 0.399 e. The smallest absolute Gasteiger partial charge is 0.0436 e. The highest BCUT2D eigenvalue weighted by Gasteiger charge is 2.01. The van der Waals surface area contributed by atoms with Crippen molar-refractivity contribution in [2.45, 2.75) is 0 Å². The Bertz CT molecular complexity index is 302. The zero-order valence-corrected chi connectivity index (χ0v) is 6.17. The molecule has 0 saturated carbocycles. The molecule has 1 aliphatic heterocycles. The van der Waals surface area contributed by atoms with Gasteiger partial charge in [0.05, 0.1) is 0 Å². The van der Waals surface area contributed by atoms with Crippen LogP contribution in [0.5, 0.6) is 0 Å². The molecule has 0 aromatic heterocycles. The molecular formula is C9H10N2. The van der Waals surface area contributed by atoms with Gasteiger partial charge in [-0.15, -0.1) is 0 Å². The lowest BCUT2D eigenvalue weighted by molar-refractivity contribution is 1.31. The summed E-state index contributed by atoms with van der Waals surface area (Å²) < 4.78 is 0. The topological polar surface area (TPSA) is 38.0 Å². The van der Waals surface area contributed by atoms with Gasteiger partial charge in [-0.25, -0.2) is 0 Å². The summed E-state index contributed by atoms with van der Waals surface area (Å²) in [5.41, 5.74) is 8.77. The van der Waals surface area contributed by atoms with Crippen LogP contribution in [0.1, 0.15) is 5.56 Å². The first-order valence-corrected chi connectivity index (χ1v) is 3.66. The molecule has 0 atom stereocenters. The van der Waals surface area contributed by atoms with E-state index in [-0.39, 0.29) is 0 Å². The van der Waals surface area contributed by atoms with Gasteiger partial charge in [0, 0.05) is 17.9 Å². The summed E-state index contributed by atoms with van der Waals surface area (Å²) in [6, 6.07) is 5.89. The Balaban J connectivity index is 2.53. The Morgan fingerprint density at radius 2 is 2.27 bits per heavy atom. The van der Waals surface area contributed by atoms with Crippen LogP contribution in [0.25, 0.3) is 6.08 Å². The summed E-state index contributed by atoms with van der Waals surface area (Å²) >= 11 is 0. The van der Waals surface area contributed by atoms with E-state index >= 15 is 0 Å². The molecule has 2 rings (SSSR count). The molecule has 56 valence electrons. The van der Waals surface area contributed by atoms with Crippen LogP contribution in [-0.2, 0) is 0 Å². The minimum Gasteiger partial charge on any atom is -0.399 e. The normalized spacial score (nSPS) is 13.8. The number of rotatable bonds is 0. The summed E-state index contributed by atoms with van der Waals surface area (Å²) in [6.07, 6.45) is 4.20. The molecule has 2 heteroatoms. The number of hydrogen-bond donors (Lipinski definition) is 2. The molecule has 2 nitrogen and oxygen atoms in total. The Kier molecular flexibility index (Phi) is 1.32. The molecule has 0 amide bonds. The molecule has 0 radical (unpaired) electrons. The number of hydrogen-bond acceptors (Lipinski definition) is 2. The second kappa shape index (κ2) is 2.31. The van der Waals surface area contributed by atoms with Crippen molar-refractivity contribution in [1.82, 2.24) is 0 Å². The van der Waals surface area contributed by atoms with Gasteiger partial charge in [0.1, 0.15) is 0 Å². The van der Waals surface area contributed by atoms with E-state index < -0.39 is 0 Å². The molecule has 1 heterocycles. The fourth-order valence-corrected chi connectivity index (χ4v) is 1.23. The molecule has 1 aromatic carbocycles. The van der Waals surface area contributed by atoms with E-state index in [2.05, 4.69) is 17.5 Å². The van der Waals surface area contributed by atoms with E-state index in [0.717, 1.165) is 17.9 Å². The summed E-state index contributed by atoms with van der Waals surface area (Å²) in [4.78, 5) is 0. The van der Waals surface area contributed by atoms with E-state index in [1.165, 1.54) is 5.56 Å². The lowest BCUT2D eigenvalue weighted by atomic mass is 10.1. The van der Waals surface area contributed by atoms with Gasteiger partial charge in [-0.1, -0.05) is 18.2 Å². The van der Waals surface area contributed by atoms with Gasteiger partial charge in [0.15, 0.2) is 0 Å². The van der Waals surface area contributed by atoms with Crippen molar-refractivity contribution in [2.75, 3.05) is 17.6 Å². The average Bonchev–Trinajstić information content (AvgIpc) is 2.04. The van der Waals surface area contributed by atoms with Gasteiger partial charge in [0.25, 0.3) is 0 Å². The highest BCUT2D eigenvalue weighted by molar-refractivity contribution is 5.73. The van der Waals surface area contributed by atoms with Crippen LogP contribution in [-0.4, -0.2) is 6.54 Å². The van der Waals surface area contributed by atoms with E-state index in [9.17, 15) is 0 Å². The van der Waals surface area contributed by atoms with Gasteiger partial charge in [-0.05, 0) is 17.7 Å². The van der Waals surface area contributed by atoms with Gasteiger partial charge in [-0.3, -0.25) is 0 Å². The molecule has 0 aliphatic carbocycles. The van der Waals surface area contributed by atoms with Crippen molar-refractivity contribution in [1.29, 1.82) is 0 Å². The van der Waals surface area contributed by atoms with Crippen molar-refractivity contribution in [3.05, 3.63) is 29.8 Å². The highest BCUT2D eigenvalue weighted by atomic mass is 14.9. The zero-order chi connectivity index (χ0) is 7.68. The number of nitrogen functional groups attached to an aromatic ring is 1. The summed E-state index contributed by atoms with van der Waals surface area (Å²) in [7, 11) is 0. The first-order chi connectivity index (χ1) is 5.36. The lowest BCUT2D eigenvalue weighted by Crippen LogP contribution is -2.04. The van der Waals surface area contributed by atoms with Crippen molar-refractivity contribution in [2.24, 2.45) is 0 Å². The van der Waals surface area contributed by atoms with Gasteiger partial charge >= 0.3 is 0 Å². The second-order valence-electron chi connectivity index (χ2n) is 2.63. The highest BCUT2D eigenvalue weighted by Crippen LogP contribution is 2.22. The average molecular weight is 146 g/mol. The van der Waals surface area contributed by atoms with E-state index in [4.69, 9.17) is 5.73 Å². The predicted molar refractivity (Wildman–Crippen MR) is 48.4 cm³/mol. The molecule has 0 bridgehead atoms. The first-order valence-electron chi connectivity index (χ1n) is 3.66. The SMILES string of the molecule is Nc1ccc2c(c1)NCC=C2.